The van der Waals surface area contributed by atoms with Crippen molar-refractivity contribution in [2.75, 3.05) is 41.4 Å². The molecule has 0 saturated heterocycles. The molecule has 1 N–H and O–H groups in total. The molecular weight excluding hydrogens is 358 g/mol. The number of carbonyl (C=O) groups excluding carboxylic acids is 2. The second-order valence-corrected chi connectivity index (χ2v) is 7.54. The Morgan fingerprint density at radius 3 is 2.39 bits per heavy atom. The van der Waals surface area contributed by atoms with Crippen LogP contribution in [0.1, 0.15) is 44.9 Å². The van der Waals surface area contributed by atoms with E-state index in [4.69, 9.17) is 9.47 Å². The fourth-order valence-corrected chi connectivity index (χ4v) is 3.50. The highest BCUT2D eigenvalue weighted by atomic mass is 16.5. The first-order valence-electron chi connectivity index (χ1n) is 10.0. The van der Waals surface area contributed by atoms with Crippen molar-refractivity contribution in [1.29, 1.82) is 0 Å². The summed E-state index contributed by atoms with van der Waals surface area (Å²) in [6, 6.07) is 0. The lowest BCUT2D eigenvalue weighted by Gasteiger charge is -2.24. The van der Waals surface area contributed by atoms with Gasteiger partial charge in [0.2, 0.25) is 0 Å². The normalized spacial score (nSPS) is 20.4. The largest absolute Gasteiger partial charge is 0.500 e. The second-order valence-electron chi connectivity index (χ2n) is 7.54. The molecule has 2 aliphatic rings. The Labute approximate surface area is 167 Å². The first-order chi connectivity index (χ1) is 13.5. The summed E-state index contributed by atoms with van der Waals surface area (Å²) < 4.78 is 10.8. The van der Waals surface area contributed by atoms with Crippen LogP contribution in [0.3, 0.4) is 0 Å². The van der Waals surface area contributed by atoms with Gasteiger partial charge in [0.05, 0.1) is 19.8 Å². The van der Waals surface area contributed by atoms with Crippen LogP contribution in [0, 0.1) is 5.92 Å². The van der Waals surface area contributed by atoms with Crippen LogP contribution < -0.4 is 5.32 Å². The molecular formula is C21H33N3O4. The van der Waals surface area contributed by atoms with Crippen molar-refractivity contribution < 1.29 is 19.1 Å². The molecule has 2 rings (SSSR count). The van der Waals surface area contributed by atoms with E-state index in [1.165, 1.54) is 27.1 Å². The van der Waals surface area contributed by atoms with Crippen molar-refractivity contribution in [3.05, 3.63) is 23.2 Å². The van der Waals surface area contributed by atoms with Crippen molar-refractivity contribution in [3.8, 4) is 0 Å². The lowest BCUT2D eigenvalue weighted by Crippen LogP contribution is -2.35. The number of methoxy groups -OCH3 is 2. The summed E-state index contributed by atoms with van der Waals surface area (Å²) in [5.41, 5.74) is 1.43. The summed E-state index contributed by atoms with van der Waals surface area (Å²) in [5.74, 6) is -0.118. The molecule has 0 aromatic heterocycles. The van der Waals surface area contributed by atoms with Crippen LogP contribution in [0.5, 0.6) is 0 Å². The van der Waals surface area contributed by atoms with Gasteiger partial charge in [-0.2, -0.15) is 0 Å². The van der Waals surface area contributed by atoms with Gasteiger partial charge in [-0.1, -0.05) is 12.8 Å². The van der Waals surface area contributed by atoms with Gasteiger partial charge >= 0.3 is 0 Å². The highest BCUT2D eigenvalue weighted by molar-refractivity contribution is 6.00. The first kappa shape index (κ1) is 22.1. The topological polar surface area (TPSA) is 80.2 Å². The molecule has 0 aromatic rings. The van der Waals surface area contributed by atoms with Gasteiger partial charge < -0.3 is 19.7 Å². The molecule has 1 fully saturated rings. The molecule has 1 unspecified atom stereocenters. The summed E-state index contributed by atoms with van der Waals surface area (Å²) in [6.07, 6.45) is 8.16. The minimum atomic E-state index is -0.589. The van der Waals surface area contributed by atoms with Crippen LogP contribution in [0.2, 0.25) is 0 Å². The van der Waals surface area contributed by atoms with Gasteiger partial charge in [-0.05, 0) is 39.8 Å². The molecule has 2 amide bonds. The first-order valence-corrected chi connectivity index (χ1v) is 10.0. The van der Waals surface area contributed by atoms with Crippen LogP contribution in [0.15, 0.2) is 28.2 Å². The number of amides is 2. The fraction of sp³-hybridized carbons (Fsp3) is 0.667. The second kappa shape index (κ2) is 11.0. The fourth-order valence-electron chi connectivity index (χ4n) is 3.50. The van der Waals surface area contributed by atoms with Crippen LogP contribution in [0.4, 0.5) is 0 Å². The molecule has 0 bridgehead atoms. The van der Waals surface area contributed by atoms with Gasteiger partial charge in [-0.15, -0.1) is 0 Å². The molecule has 7 nitrogen and oxygen atoms in total. The van der Waals surface area contributed by atoms with Crippen molar-refractivity contribution >= 4 is 17.5 Å². The average Bonchev–Trinajstić information content (AvgIpc) is 2.95. The van der Waals surface area contributed by atoms with Crippen molar-refractivity contribution in [3.63, 3.8) is 0 Å². The maximum absolute atomic E-state index is 12.9. The van der Waals surface area contributed by atoms with E-state index in [0.717, 1.165) is 37.9 Å². The van der Waals surface area contributed by atoms with Gasteiger partial charge in [0.25, 0.3) is 11.8 Å². The molecule has 0 aliphatic heterocycles. The Morgan fingerprint density at radius 2 is 1.82 bits per heavy atom. The lowest BCUT2D eigenvalue weighted by atomic mass is 9.90. The minimum absolute atomic E-state index is 0.218. The maximum atomic E-state index is 12.9. The molecule has 0 radical (unpaired) electrons. The van der Waals surface area contributed by atoms with E-state index in [9.17, 15) is 9.59 Å². The summed E-state index contributed by atoms with van der Waals surface area (Å²) in [7, 11) is 6.93. The van der Waals surface area contributed by atoms with Crippen molar-refractivity contribution in [2.24, 2.45) is 10.9 Å². The average molecular weight is 392 g/mol. The maximum Gasteiger partial charge on any atom is 0.256 e. The van der Waals surface area contributed by atoms with Crippen LogP contribution >= 0.6 is 0 Å². The number of likely N-dealkylation sites (N-methyl/N-ethyl adjacent to an activating group) is 1. The van der Waals surface area contributed by atoms with Crippen LogP contribution in [-0.2, 0) is 19.1 Å². The zero-order valence-electron chi connectivity index (χ0n) is 17.5. The molecule has 2 aliphatic carbocycles. The van der Waals surface area contributed by atoms with Crippen molar-refractivity contribution in [1.82, 2.24) is 10.2 Å². The third kappa shape index (κ3) is 6.19. The Hall–Kier alpha value is -2.15. The van der Waals surface area contributed by atoms with E-state index in [1.807, 2.05) is 19.0 Å². The predicted octanol–water partition coefficient (Wildman–Crippen LogP) is 2.44. The van der Waals surface area contributed by atoms with Gasteiger partial charge in [0.15, 0.2) is 0 Å². The summed E-state index contributed by atoms with van der Waals surface area (Å²) in [4.78, 5) is 32.0. The van der Waals surface area contributed by atoms with E-state index in [-0.39, 0.29) is 18.2 Å². The number of hydrogen-bond acceptors (Lipinski definition) is 5. The van der Waals surface area contributed by atoms with E-state index >= 15 is 0 Å². The molecule has 1 saturated carbocycles. The number of hydrogen-bond donors (Lipinski definition) is 1. The molecule has 0 heterocycles. The number of nitrogens with zero attached hydrogens (tertiary/aromatic N) is 2. The molecule has 28 heavy (non-hydrogen) atoms. The summed E-state index contributed by atoms with van der Waals surface area (Å²) in [6.45, 7) is 1.25. The number of nitrogens with one attached hydrogen (secondary N) is 1. The van der Waals surface area contributed by atoms with E-state index in [0.29, 0.717) is 23.6 Å². The summed E-state index contributed by atoms with van der Waals surface area (Å²) >= 11 is 0. The van der Waals surface area contributed by atoms with Gasteiger partial charge in [-0.25, -0.2) is 4.99 Å². The van der Waals surface area contributed by atoms with Gasteiger partial charge in [0.1, 0.15) is 17.4 Å². The van der Waals surface area contributed by atoms with Gasteiger partial charge in [-0.3, -0.25) is 9.59 Å². The number of allylic oxidation sites excluding steroid dienone is 1. The molecule has 7 heteroatoms. The molecule has 156 valence electrons. The minimum Gasteiger partial charge on any atom is -0.500 e. The Balaban J connectivity index is 2.16. The Kier molecular flexibility index (Phi) is 8.70. The van der Waals surface area contributed by atoms with Crippen LogP contribution in [0.25, 0.3) is 0 Å². The zero-order chi connectivity index (χ0) is 20.5. The van der Waals surface area contributed by atoms with E-state index in [2.05, 4.69) is 10.3 Å². The third-order valence-electron chi connectivity index (χ3n) is 5.14. The Bertz CT molecular complexity index is 655. The number of rotatable bonds is 7. The molecule has 0 aromatic carbocycles. The van der Waals surface area contributed by atoms with Gasteiger partial charge in [0, 0.05) is 31.3 Å². The summed E-state index contributed by atoms with van der Waals surface area (Å²) in [5, 5.41) is 2.89. The van der Waals surface area contributed by atoms with Crippen molar-refractivity contribution in [2.45, 2.75) is 44.9 Å². The SMILES string of the molecule is COC1=CC(OC)=C(C(=O)NCCN(C)C)CC1C(=O)N=C1CCCCCC1. The number of ether oxygens (including phenoxy) is 2. The number of carbonyl (C=O) groups is 2. The van der Waals surface area contributed by atoms with Crippen LogP contribution in [-0.4, -0.2) is 63.8 Å². The standard InChI is InChI=1S/C21H33N3O4/c1-24(2)12-11-22-20(25)16-13-17(19(28-4)14-18(16)27-3)21(26)23-15-9-7-5-6-8-10-15/h14,17H,5-13H2,1-4H3,(H,22,25). The van der Waals surface area contributed by atoms with E-state index in [1.54, 1.807) is 6.08 Å². The Morgan fingerprint density at radius 1 is 1.14 bits per heavy atom. The predicted molar refractivity (Wildman–Crippen MR) is 109 cm³/mol. The number of aliphatic imine (C=N–C) groups is 1. The van der Waals surface area contributed by atoms with E-state index < -0.39 is 5.92 Å². The zero-order valence-corrected chi connectivity index (χ0v) is 17.5. The molecule has 0 spiro atoms. The third-order valence-corrected chi connectivity index (χ3v) is 5.14. The lowest BCUT2D eigenvalue weighted by molar-refractivity contribution is -0.121. The molecule has 1 atom stereocenters. The highest BCUT2D eigenvalue weighted by Crippen LogP contribution is 2.32. The highest BCUT2D eigenvalue weighted by Gasteiger charge is 2.33. The smallest absolute Gasteiger partial charge is 0.256 e. The quantitative estimate of drug-likeness (QED) is 0.674. The monoisotopic (exact) mass is 391 g/mol.